The molecule has 0 heterocycles. The summed E-state index contributed by atoms with van der Waals surface area (Å²) in [6.45, 7) is 16.3. The highest BCUT2D eigenvalue weighted by Gasteiger charge is 2.12. The first-order valence-electron chi connectivity index (χ1n) is 8.28. The molecule has 0 unspecified atom stereocenters. The van der Waals surface area contributed by atoms with E-state index in [1.165, 1.54) is 5.56 Å². The Morgan fingerprint density at radius 3 is 2.50 bits per heavy atom. The second kappa shape index (κ2) is 13.8. The molecule has 6 heteroatoms. The zero-order valence-electron chi connectivity index (χ0n) is 14.9. The molecule has 0 saturated carbocycles. The van der Waals surface area contributed by atoms with Crippen LogP contribution in [-0.4, -0.2) is 44.3 Å². The highest BCUT2D eigenvalue weighted by atomic mass is 127. The van der Waals surface area contributed by atoms with Crippen LogP contribution in [0.25, 0.3) is 0 Å². The molecule has 0 radical (unpaired) electrons. The van der Waals surface area contributed by atoms with Gasteiger partial charge in [0, 0.05) is 19.6 Å². The summed E-state index contributed by atoms with van der Waals surface area (Å²) < 4.78 is 12.5. The number of hydrogen-bond donors (Lipinski definition) is 1. The van der Waals surface area contributed by atoms with Gasteiger partial charge in [0.15, 0.2) is 11.5 Å². The summed E-state index contributed by atoms with van der Waals surface area (Å²) >= 11 is 2.30. The molecule has 0 amide bonds. The zero-order valence-corrected chi connectivity index (χ0v) is 17.9. The van der Waals surface area contributed by atoms with Crippen molar-refractivity contribution in [3.05, 3.63) is 33.9 Å². The molecule has 0 spiro atoms. The van der Waals surface area contributed by atoms with Crippen LogP contribution >= 0.6 is 35.0 Å². The maximum Gasteiger partial charge on any atom is 0.174 e. The van der Waals surface area contributed by atoms with E-state index < -0.39 is 0 Å². The molecule has 138 valence electrons. The van der Waals surface area contributed by atoms with Crippen molar-refractivity contribution >= 4 is 35.0 Å². The fraction of sp³-hybridized carbons (Fsp3) is 0.556. The Labute approximate surface area is 166 Å². The first-order valence-corrected chi connectivity index (χ1v) is 9.36. The summed E-state index contributed by atoms with van der Waals surface area (Å²) in [7, 11) is 0. The third-order valence-electron chi connectivity index (χ3n) is 3.54. The lowest BCUT2D eigenvalue weighted by atomic mass is 10.2. The summed E-state index contributed by atoms with van der Waals surface area (Å²) in [5.74, 6) is 1.61. The molecule has 24 heavy (non-hydrogen) atoms. The Hall–Kier alpha value is -0.500. The third-order valence-corrected chi connectivity index (χ3v) is 4.34. The summed E-state index contributed by atoms with van der Waals surface area (Å²) in [4.78, 5) is 2.41. The molecular formula is C18H30ClIN2O2. The van der Waals surface area contributed by atoms with Gasteiger partial charge in [-0.2, -0.15) is 0 Å². The van der Waals surface area contributed by atoms with Crippen molar-refractivity contribution in [3.63, 3.8) is 0 Å². The average Bonchev–Trinajstić information content (AvgIpc) is 2.54. The van der Waals surface area contributed by atoms with Crippen LogP contribution < -0.4 is 14.8 Å². The van der Waals surface area contributed by atoms with Crippen LogP contribution in [0.1, 0.15) is 26.3 Å². The van der Waals surface area contributed by atoms with Crippen LogP contribution in [0.5, 0.6) is 11.5 Å². The van der Waals surface area contributed by atoms with E-state index in [-0.39, 0.29) is 12.4 Å². The highest BCUT2D eigenvalue weighted by Crippen LogP contribution is 2.34. The van der Waals surface area contributed by atoms with Crippen LogP contribution in [0.4, 0.5) is 0 Å². The Kier molecular flexibility index (Phi) is 13.5. The fourth-order valence-corrected chi connectivity index (χ4v) is 3.10. The van der Waals surface area contributed by atoms with Gasteiger partial charge in [0.05, 0.1) is 10.2 Å². The number of rotatable bonds is 12. The molecule has 0 aliphatic heterocycles. The first kappa shape index (κ1) is 23.5. The van der Waals surface area contributed by atoms with E-state index in [9.17, 15) is 0 Å². The normalized spacial score (nSPS) is 10.4. The molecule has 0 fully saturated rings. The van der Waals surface area contributed by atoms with Crippen molar-refractivity contribution < 1.29 is 9.47 Å². The standard InChI is InChI=1S/C18H29IN2O2.ClH/c1-5-11-23-18-16(19)12-15(13-17(18)22-8-4)14-20-9-10-21(6-2)7-3;/h5,12-13,20H,1,6-11,14H2,2-4H3;1H. The number of ether oxygens (including phenoxy) is 2. The lowest BCUT2D eigenvalue weighted by Gasteiger charge is -2.18. The molecule has 0 aliphatic carbocycles. The van der Waals surface area contributed by atoms with Gasteiger partial charge in [-0.3, -0.25) is 0 Å². The van der Waals surface area contributed by atoms with Crippen molar-refractivity contribution in [1.82, 2.24) is 10.2 Å². The van der Waals surface area contributed by atoms with Gasteiger partial charge in [-0.15, -0.1) is 12.4 Å². The van der Waals surface area contributed by atoms with E-state index in [1.807, 2.05) is 6.92 Å². The van der Waals surface area contributed by atoms with Crippen LogP contribution in [0.3, 0.4) is 0 Å². The Morgan fingerprint density at radius 2 is 1.92 bits per heavy atom. The minimum absolute atomic E-state index is 0. The van der Waals surface area contributed by atoms with Crippen molar-refractivity contribution in [1.29, 1.82) is 0 Å². The highest BCUT2D eigenvalue weighted by molar-refractivity contribution is 14.1. The molecule has 0 atom stereocenters. The molecule has 1 rings (SSSR count). The van der Waals surface area contributed by atoms with Crippen LogP contribution in [0.2, 0.25) is 0 Å². The Balaban J connectivity index is 0.00000529. The lowest BCUT2D eigenvalue weighted by molar-refractivity contribution is 0.294. The predicted octanol–water partition coefficient (Wildman–Crippen LogP) is 4.11. The molecule has 0 aliphatic rings. The second-order valence-electron chi connectivity index (χ2n) is 5.14. The van der Waals surface area contributed by atoms with Crippen molar-refractivity contribution in [3.8, 4) is 11.5 Å². The van der Waals surface area contributed by atoms with Gasteiger partial charge in [-0.05, 0) is 60.3 Å². The molecule has 0 bridgehead atoms. The van der Waals surface area contributed by atoms with Gasteiger partial charge >= 0.3 is 0 Å². The van der Waals surface area contributed by atoms with Gasteiger partial charge in [0.25, 0.3) is 0 Å². The summed E-state index contributed by atoms with van der Waals surface area (Å²) in [6, 6.07) is 4.21. The minimum Gasteiger partial charge on any atom is -0.490 e. The molecule has 0 saturated heterocycles. The van der Waals surface area contributed by atoms with Crippen molar-refractivity contribution in [2.75, 3.05) is 39.4 Å². The van der Waals surface area contributed by atoms with Crippen LogP contribution in [0, 0.1) is 3.57 Å². The summed E-state index contributed by atoms with van der Waals surface area (Å²) in [5.41, 5.74) is 1.21. The maximum atomic E-state index is 5.73. The molecule has 0 aromatic heterocycles. The van der Waals surface area contributed by atoms with E-state index >= 15 is 0 Å². The van der Waals surface area contributed by atoms with Crippen LogP contribution in [0.15, 0.2) is 24.8 Å². The SMILES string of the molecule is C=CCOc1c(I)cc(CNCCN(CC)CC)cc1OCC.Cl. The van der Waals surface area contributed by atoms with Crippen molar-refractivity contribution in [2.45, 2.75) is 27.3 Å². The molecule has 4 nitrogen and oxygen atoms in total. The molecule has 1 aromatic carbocycles. The maximum absolute atomic E-state index is 5.73. The first-order chi connectivity index (χ1) is 11.2. The lowest BCUT2D eigenvalue weighted by Crippen LogP contribution is -2.31. The van der Waals surface area contributed by atoms with E-state index in [2.05, 4.69) is 65.4 Å². The van der Waals surface area contributed by atoms with Gasteiger partial charge in [0.2, 0.25) is 0 Å². The van der Waals surface area contributed by atoms with E-state index in [4.69, 9.17) is 9.47 Å². The van der Waals surface area contributed by atoms with Crippen molar-refractivity contribution in [2.24, 2.45) is 0 Å². The van der Waals surface area contributed by atoms with Gasteiger partial charge in [0.1, 0.15) is 6.61 Å². The predicted molar refractivity (Wildman–Crippen MR) is 113 cm³/mol. The van der Waals surface area contributed by atoms with E-state index in [0.717, 1.165) is 47.8 Å². The Morgan fingerprint density at radius 1 is 1.21 bits per heavy atom. The van der Waals surface area contributed by atoms with Gasteiger partial charge < -0.3 is 19.7 Å². The third kappa shape index (κ3) is 8.05. The monoisotopic (exact) mass is 468 g/mol. The second-order valence-corrected chi connectivity index (χ2v) is 6.30. The minimum atomic E-state index is 0. The molecular weight excluding hydrogens is 439 g/mol. The zero-order chi connectivity index (χ0) is 17.1. The smallest absolute Gasteiger partial charge is 0.174 e. The van der Waals surface area contributed by atoms with E-state index in [1.54, 1.807) is 6.08 Å². The van der Waals surface area contributed by atoms with Gasteiger partial charge in [-0.1, -0.05) is 26.5 Å². The fourth-order valence-electron chi connectivity index (χ4n) is 2.28. The number of nitrogens with zero attached hydrogens (tertiary/aromatic N) is 1. The molecule has 1 N–H and O–H groups in total. The largest absolute Gasteiger partial charge is 0.490 e. The summed E-state index contributed by atoms with van der Waals surface area (Å²) in [6.07, 6.45) is 1.74. The number of likely N-dealkylation sites (N-methyl/N-ethyl adjacent to an activating group) is 1. The quantitative estimate of drug-likeness (QED) is 0.284. The summed E-state index contributed by atoms with van der Waals surface area (Å²) in [5, 5.41) is 3.50. The number of halogens is 2. The number of hydrogen-bond acceptors (Lipinski definition) is 4. The number of nitrogens with one attached hydrogen (secondary N) is 1. The van der Waals surface area contributed by atoms with Crippen LogP contribution in [-0.2, 0) is 6.54 Å². The van der Waals surface area contributed by atoms with Gasteiger partial charge in [-0.25, -0.2) is 0 Å². The Bertz CT molecular complexity index is 482. The number of benzene rings is 1. The average molecular weight is 469 g/mol. The topological polar surface area (TPSA) is 33.7 Å². The molecule has 1 aromatic rings. The van der Waals surface area contributed by atoms with E-state index in [0.29, 0.717) is 13.2 Å².